The van der Waals surface area contributed by atoms with Gasteiger partial charge in [0.25, 0.3) is 0 Å². The van der Waals surface area contributed by atoms with E-state index in [1.807, 2.05) is 0 Å². The smallest absolute Gasteiger partial charge is 0.410 e. The number of nitrogens with zero attached hydrogens (tertiary/aromatic N) is 1. The summed E-state index contributed by atoms with van der Waals surface area (Å²) in [7, 11) is 0. The Labute approximate surface area is 150 Å². The molecule has 3 aliphatic heterocycles. The Bertz CT molecular complexity index is 577. The number of thioether (sulfide) groups is 1. The molecule has 5 fully saturated rings. The monoisotopic (exact) mass is 369 g/mol. The highest BCUT2D eigenvalue weighted by Gasteiger charge is 2.54. The first-order chi connectivity index (χ1) is 12.0. The first kappa shape index (κ1) is 17.0. The molecule has 0 N–H and O–H groups in total. The second kappa shape index (κ2) is 6.70. The first-order valence-electron chi connectivity index (χ1n) is 8.95. The van der Waals surface area contributed by atoms with Crippen LogP contribution in [0.1, 0.15) is 32.1 Å². The average Bonchev–Trinajstić information content (AvgIpc) is 2.74. The molecule has 0 aromatic rings. The lowest BCUT2D eigenvalue weighted by atomic mass is 9.65. The molecule has 25 heavy (non-hydrogen) atoms. The summed E-state index contributed by atoms with van der Waals surface area (Å²) in [6.07, 6.45) is 2.95. The third-order valence-electron chi connectivity index (χ3n) is 5.62. The number of esters is 2. The number of hydrogen-bond acceptors (Lipinski definition) is 7. The molecule has 0 aromatic carbocycles. The summed E-state index contributed by atoms with van der Waals surface area (Å²) in [5.74, 6) is 1.29. The zero-order valence-electron chi connectivity index (χ0n) is 14.1. The van der Waals surface area contributed by atoms with Gasteiger partial charge in [-0.15, -0.1) is 0 Å². The minimum absolute atomic E-state index is 0.153. The van der Waals surface area contributed by atoms with Crippen LogP contribution in [-0.4, -0.2) is 65.8 Å². The van der Waals surface area contributed by atoms with Crippen LogP contribution in [0.15, 0.2) is 0 Å². The van der Waals surface area contributed by atoms with Crippen LogP contribution >= 0.6 is 11.8 Å². The molecular weight excluding hydrogens is 346 g/mol. The largest absolute Gasteiger partial charge is 0.462 e. The van der Waals surface area contributed by atoms with Gasteiger partial charge in [-0.25, -0.2) is 9.59 Å². The normalized spacial score (nSPS) is 36.6. The van der Waals surface area contributed by atoms with E-state index < -0.39 is 17.7 Å². The molecule has 5 rings (SSSR count). The highest BCUT2D eigenvalue weighted by molar-refractivity contribution is 7.99. The molecule has 7 nitrogen and oxygen atoms in total. The second-order valence-electron chi connectivity index (χ2n) is 7.52. The van der Waals surface area contributed by atoms with Crippen molar-refractivity contribution >= 4 is 29.8 Å². The predicted octanol–water partition coefficient (Wildman–Crippen LogP) is 1.59. The summed E-state index contributed by atoms with van der Waals surface area (Å²) in [5.41, 5.74) is -0.631. The Morgan fingerprint density at radius 1 is 1.20 bits per heavy atom. The topological polar surface area (TPSA) is 82.1 Å². The van der Waals surface area contributed by atoms with Gasteiger partial charge in [-0.1, -0.05) is 0 Å². The third-order valence-corrected chi connectivity index (χ3v) is 6.56. The maximum Gasteiger partial charge on any atom is 0.410 e. The van der Waals surface area contributed by atoms with Gasteiger partial charge >= 0.3 is 18.0 Å². The van der Waals surface area contributed by atoms with Crippen molar-refractivity contribution < 1.29 is 28.6 Å². The summed E-state index contributed by atoms with van der Waals surface area (Å²) >= 11 is 1.80. The van der Waals surface area contributed by atoms with Crippen LogP contribution in [0.2, 0.25) is 0 Å². The summed E-state index contributed by atoms with van der Waals surface area (Å²) in [5, 5.41) is 0. The molecule has 2 saturated carbocycles. The summed E-state index contributed by atoms with van der Waals surface area (Å²) in [6.45, 7) is 0.916. The molecule has 5 aliphatic rings. The van der Waals surface area contributed by atoms with Gasteiger partial charge in [-0.05, 0) is 25.2 Å². The van der Waals surface area contributed by atoms with Crippen molar-refractivity contribution in [2.24, 2.45) is 11.8 Å². The van der Waals surface area contributed by atoms with Gasteiger partial charge in [0.2, 0.25) is 0 Å². The number of carbonyl (C=O) groups excluding carboxylic acids is 3. The Balaban J connectivity index is 1.33. The molecular formula is C17H23NO6S. The van der Waals surface area contributed by atoms with Crippen molar-refractivity contribution in [2.75, 3.05) is 31.2 Å². The van der Waals surface area contributed by atoms with E-state index in [1.54, 1.807) is 16.7 Å². The average molecular weight is 369 g/mol. The molecule has 3 heterocycles. The van der Waals surface area contributed by atoms with E-state index in [0.29, 0.717) is 31.8 Å². The minimum Gasteiger partial charge on any atom is -0.462 e. The lowest BCUT2D eigenvalue weighted by Crippen LogP contribution is -2.48. The quantitative estimate of drug-likeness (QED) is 0.552. The predicted molar refractivity (Wildman–Crippen MR) is 89.0 cm³/mol. The van der Waals surface area contributed by atoms with Gasteiger partial charge in [0.1, 0.15) is 11.7 Å². The van der Waals surface area contributed by atoms with E-state index >= 15 is 0 Å². The van der Waals surface area contributed by atoms with Crippen LogP contribution < -0.4 is 0 Å². The molecule has 0 spiro atoms. The molecule has 4 unspecified atom stereocenters. The first-order valence-corrected chi connectivity index (χ1v) is 10.1. The highest BCUT2D eigenvalue weighted by atomic mass is 32.2. The van der Waals surface area contributed by atoms with Gasteiger partial charge in [0, 0.05) is 37.4 Å². The molecule has 1 amide bonds. The zero-order chi connectivity index (χ0) is 17.4. The number of carbonyl (C=O) groups is 3. The van der Waals surface area contributed by atoms with Gasteiger partial charge in [0.15, 0.2) is 6.61 Å². The molecule has 0 radical (unpaired) electrons. The third kappa shape index (κ3) is 3.59. The summed E-state index contributed by atoms with van der Waals surface area (Å²) in [4.78, 5) is 37.9. The maximum atomic E-state index is 12.3. The molecule has 4 bridgehead atoms. The van der Waals surface area contributed by atoms with E-state index in [4.69, 9.17) is 14.2 Å². The minimum atomic E-state index is -0.631. The molecule has 3 saturated heterocycles. The standard InChI is InChI=1S/C17H23NO6S/c19-14(10-22-16(21)18-1-3-25-4-2-18)24-17-7-11-5-12(8-17)15(20)23-13(6-11)9-17/h11-13H,1-10H2. The van der Waals surface area contributed by atoms with E-state index in [0.717, 1.165) is 30.8 Å². The number of ether oxygens (including phenoxy) is 3. The van der Waals surface area contributed by atoms with Crippen LogP contribution in [0.25, 0.3) is 0 Å². The van der Waals surface area contributed by atoms with Crippen LogP contribution in [0.4, 0.5) is 4.79 Å². The lowest BCUT2D eigenvalue weighted by molar-refractivity contribution is -0.177. The van der Waals surface area contributed by atoms with E-state index in [9.17, 15) is 14.4 Å². The van der Waals surface area contributed by atoms with Crippen molar-refractivity contribution in [3.05, 3.63) is 0 Å². The van der Waals surface area contributed by atoms with E-state index in [2.05, 4.69) is 0 Å². The van der Waals surface area contributed by atoms with E-state index in [-0.39, 0.29) is 24.6 Å². The van der Waals surface area contributed by atoms with Crippen LogP contribution in [0.3, 0.4) is 0 Å². The van der Waals surface area contributed by atoms with Crippen molar-refractivity contribution in [1.29, 1.82) is 0 Å². The fourth-order valence-corrected chi connectivity index (χ4v) is 5.63. The van der Waals surface area contributed by atoms with Crippen molar-refractivity contribution in [3.8, 4) is 0 Å². The maximum absolute atomic E-state index is 12.3. The zero-order valence-corrected chi connectivity index (χ0v) is 14.9. The number of rotatable bonds is 3. The second-order valence-corrected chi connectivity index (χ2v) is 8.74. The number of fused-ring (bicyclic) bond motifs is 1. The Hall–Kier alpha value is -1.44. The Morgan fingerprint density at radius 3 is 2.80 bits per heavy atom. The molecule has 0 aromatic heterocycles. The van der Waals surface area contributed by atoms with Gasteiger partial charge in [-0.3, -0.25) is 4.79 Å². The summed E-state index contributed by atoms with van der Waals surface area (Å²) in [6, 6.07) is 0. The summed E-state index contributed by atoms with van der Waals surface area (Å²) < 4.78 is 16.4. The van der Waals surface area contributed by atoms with Gasteiger partial charge < -0.3 is 19.1 Å². The molecule has 4 atom stereocenters. The Kier molecular flexibility index (Phi) is 4.56. The fraction of sp³-hybridized carbons (Fsp3) is 0.824. The van der Waals surface area contributed by atoms with E-state index in [1.165, 1.54) is 0 Å². The fourth-order valence-electron chi connectivity index (χ4n) is 4.73. The molecule has 8 heteroatoms. The van der Waals surface area contributed by atoms with Crippen molar-refractivity contribution in [3.63, 3.8) is 0 Å². The molecule has 138 valence electrons. The van der Waals surface area contributed by atoms with Crippen LogP contribution in [0.5, 0.6) is 0 Å². The lowest BCUT2D eigenvalue weighted by Gasteiger charge is -2.45. The van der Waals surface area contributed by atoms with Crippen LogP contribution in [0, 0.1) is 11.8 Å². The SMILES string of the molecule is O=C(COC(=O)N1CCSCC1)OC12CC3CC(C1)OC(=O)C(C3)C2. The molecule has 2 aliphatic carbocycles. The van der Waals surface area contributed by atoms with Crippen molar-refractivity contribution in [2.45, 2.75) is 43.8 Å². The van der Waals surface area contributed by atoms with Gasteiger partial charge in [0.05, 0.1) is 5.92 Å². The number of amides is 1. The van der Waals surface area contributed by atoms with Crippen molar-refractivity contribution in [1.82, 2.24) is 4.90 Å². The van der Waals surface area contributed by atoms with Crippen LogP contribution in [-0.2, 0) is 23.8 Å². The van der Waals surface area contributed by atoms with Gasteiger partial charge in [-0.2, -0.15) is 11.8 Å². The highest BCUT2D eigenvalue weighted by Crippen LogP contribution is 2.51. The Morgan fingerprint density at radius 2 is 2.00 bits per heavy atom. The number of hydrogen-bond donors (Lipinski definition) is 0.